The van der Waals surface area contributed by atoms with Crippen LogP contribution in [0, 0.1) is 24.2 Å². The molecule has 2 N–H and O–H groups in total. The number of anilines is 1. The lowest BCUT2D eigenvalue weighted by Gasteiger charge is -2.19. The second-order valence-electron chi connectivity index (χ2n) is 5.42. The number of carbonyl (C=O) groups excluding carboxylic acids is 1. The molecule has 0 bridgehead atoms. The molecule has 0 radical (unpaired) electrons. The number of ether oxygens (including phenoxy) is 1. The number of carbonyl (C=O) groups is 2. The number of carboxylic acid groups (broad SMARTS) is 1. The molecule has 2 atom stereocenters. The van der Waals surface area contributed by atoms with Crippen LogP contribution >= 0.6 is 0 Å². The highest BCUT2D eigenvalue weighted by Crippen LogP contribution is 2.38. The fourth-order valence-electron chi connectivity index (χ4n) is 2.56. The van der Waals surface area contributed by atoms with Gasteiger partial charge in [0.1, 0.15) is 12.4 Å². The molecule has 1 heterocycles. The third-order valence-corrected chi connectivity index (χ3v) is 3.78. The standard InChI is InChI=1S/C16H15F3N2O4/c1-2-7-25-13-6-4-3-5-12(13)20-15(24)21-8-10(14(22)23)11(9-21)16(17,18)19/h1,3-6,10-11H,7-9H2,(H,20,24)(H,22,23)/t10-,11-/m1/s1. The summed E-state index contributed by atoms with van der Waals surface area (Å²) in [5, 5.41) is 11.4. The first-order valence-electron chi connectivity index (χ1n) is 7.24. The number of nitrogens with zero attached hydrogens (tertiary/aromatic N) is 1. The zero-order valence-electron chi connectivity index (χ0n) is 12.9. The lowest BCUT2D eigenvalue weighted by molar-refractivity contribution is -0.187. The molecule has 0 saturated carbocycles. The quantitative estimate of drug-likeness (QED) is 0.812. The van der Waals surface area contributed by atoms with Gasteiger partial charge in [-0.2, -0.15) is 13.2 Å². The highest BCUT2D eigenvalue weighted by molar-refractivity contribution is 5.91. The lowest BCUT2D eigenvalue weighted by Crippen LogP contribution is -2.35. The van der Waals surface area contributed by atoms with Crippen molar-refractivity contribution in [3.63, 3.8) is 0 Å². The van der Waals surface area contributed by atoms with E-state index in [1.165, 1.54) is 12.1 Å². The van der Waals surface area contributed by atoms with Gasteiger partial charge in [0.05, 0.1) is 17.5 Å². The number of hydrogen-bond donors (Lipinski definition) is 2. The number of halogens is 3. The fourth-order valence-corrected chi connectivity index (χ4v) is 2.56. The van der Waals surface area contributed by atoms with E-state index in [-0.39, 0.29) is 18.0 Å². The van der Waals surface area contributed by atoms with Crippen LogP contribution in [0.4, 0.5) is 23.7 Å². The Labute approximate surface area is 141 Å². The number of para-hydroxylation sites is 2. The summed E-state index contributed by atoms with van der Waals surface area (Å²) in [4.78, 5) is 24.1. The van der Waals surface area contributed by atoms with Crippen LogP contribution in [0.2, 0.25) is 0 Å². The number of terminal acetylenes is 1. The minimum atomic E-state index is -4.70. The minimum absolute atomic E-state index is 0.0478. The minimum Gasteiger partial charge on any atom is -0.481 e. The van der Waals surface area contributed by atoms with Crippen molar-refractivity contribution in [2.45, 2.75) is 6.18 Å². The summed E-state index contributed by atoms with van der Waals surface area (Å²) in [5.74, 6) is -2.87. The van der Waals surface area contributed by atoms with E-state index in [1.807, 2.05) is 0 Å². The molecule has 6 nitrogen and oxygen atoms in total. The van der Waals surface area contributed by atoms with Gasteiger partial charge in [-0.15, -0.1) is 6.42 Å². The Morgan fingerprint density at radius 1 is 1.36 bits per heavy atom. The maximum Gasteiger partial charge on any atom is 0.394 e. The molecule has 0 spiro atoms. The molecule has 1 aliphatic rings. The Morgan fingerprint density at radius 2 is 2.04 bits per heavy atom. The number of nitrogens with one attached hydrogen (secondary N) is 1. The van der Waals surface area contributed by atoms with Gasteiger partial charge >= 0.3 is 18.2 Å². The molecule has 9 heteroatoms. The molecule has 1 saturated heterocycles. The van der Waals surface area contributed by atoms with Crippen LogP contribution in [0.5, 0.6) is 5.75 Å². The van der Waals surface area contributed by atoms with Gasteiger partial charge in [-0.05, 0) is 12.1 Å². The van der Waals surface area contributed by atoms with E-state index < -0.39 is 43.1 Å². The molecular weight excluding hydrogens is 341 g/mol. The van der Waals surface area contributed by atoms with Crippen molar-refractivity contribution in [1.29, 1.82) is 0 Å². The summed E-state index contributed by atoms with van der Waals surface area (Å²) in [7, 11) is 0. The van der Waals surface area contributed by atoms with E-state index >= 15 is 0 Å². The average molecular weight is 356 g/mol. The number of hydrogen-bond acceptors (Lipinski definition) is 3. The highest BCUT2D eigenvalue weighted by Gasteiger charge is 2.53. The van der Waals surface area contributed by atoms with Crippen molar-refractivity contribution in [1.82, 2.24) is 4.90 Å². The Hall–Kier alpha value is -2.89. The molecule has 0 unspecified atom stereocenters. The third kappa shape index (κ3) is 4.35. The van der Waals surface area contributed by atoms with E-state index in [0.717, 1.165) is 4.90 Å². The first kappa shape index (κ1) is 18.4. The van der Waals surface area contributed by atoms with Gasteiger partial charge in [-0.25, -0.2) is 4.79 Å². The molecule has 25 heavy (non-hydrogen) atoms. The Bertz CT molecular complexity index is 699. The number of alkyl halides is 3. The van der Waals surface area contributed by atoms with Gasteiger partial charge in [0, 0.05) is 13.1 Å². The monoisotopic (exact) mass is 356 g/mol. The lowest BCUT2D eigenvalue weighted by atomic mass is 9.96. The Balaban J connectivity index is 2.12. The van der Waals surface area contributed by atoms with Crippen LogP contribution in [-0.2, 0) is 4.79 Å². The molecule has 1 aliphatic heterocycles. The van der Waals surface area contributed by atoms with Gasteiger partial charge in [-0.1, -0.05) is 18.1 Å². The van der Waals surface area contributed by atoms with Crippen LogP contribution < -0.4 is 10.1 Å². The van der Waals surface area contributed by atoms with E-state index in [2.05, 4.69) is 11.2 Å². The van der Waals surface area contributed by atoms with E-state index in [4.69, 9.17) is 16.3 Å². The molecule has 1 aromatic carbocycles. The average Bonchev–Trinajstić information content (AvgIpc) is 3.00. The maximum absolute atomic E-state index is 13.0. The van der Waals surface area contributed by atoms with Crippen molar-refractivity contribution >= 4 is 17.7 Å². The molecule has 2 rings (SSSR count). The zero-order valence-corrected chi connectivity index (χ0v) is 12.9. The van der Waals surface area contributed by atoms with Crippen molar-refractivity contribution in [3.8, 4) is 18.1 Å². The first-order chi connectivity index (χ1) is 11.7. The van der Waals surface area contributed by atoms with Crippen LogP contribution in [0.15, 0.2) is 24.3 Å². The molecule has 1 aromatic rings. The topological polar surface area (TPSA) is 78.9 Å². The van der Waals surface area contributed by atoms with Crippen LogP contribution in [-0.4, -0.2) is 47.9 Å². The second-order valence-corrected chi connectivity index (χ2v) is 5.42. The first-order valence-corrected chi connectivity index (χ1v) is 7.24. The van der Waals surface area contributed by atoms with Crippen molar-refractivity contribution in [3.05, 3.63) is 24.3 Å². The van der Waals surface area contributed by atoms with Crippen LogP contribution in [0.3, 0.4) is 0 Å². The number of carboxylic acids is 1. The summed E-state index contributed by atoms with van der Waals surface area (Å²) in [6.45, 7) is -1.30. The Kier molecular flexibility index (Phi) is 5.41. The van der Waals surface area contributed by atoms with E-state index in [9.17, 15) is 22.8 Å². The van der Waals surface area contributed by atoms with Gasteiger partial charge < -0.3 is 20.1 Å². The number of likely N-dealkylation sites (tertiary alicyclic amines) is 1. The molecule has 2 amide bonds. The van der Waals surface area contributed by atoms with Gasteiger partial charge in [-0.3, -0.25) is 4.79 Å². The molecule has 134 valence electrons. The third-order valence-electron chi connectivity index (χ3n) is 3.78. The van der Waals surface area contributed by atoms with Crippen molar-refractivity contribution < 1.29 is 32.6 Å². The molecular formula is C16H15F3N2O4. The van der Waals surface area contributed by atoms with Gasteiger partial charge in [0.15, 0.2) is 0 Å². The van der Waals surface area contributed by atoms with Crippen molar-refractivity contribution in [2.75, 3.05) is 25.0 Å². The largest absolute Gasteiger partial charge is 0.481 e. The van der Waals surface area contributed by atoms with Crippen LogP contribution in [0.1, 0.15) is 0 Å². The summed E-state index contributed by atoms with van der Waals surface area (Å²) >= 11 is 0. The van der Waals surface area contributed by atoms with Crippen molar-refractivity contribution in [2.24, 2.45) is 11.8 Å². The number of aliphatic carboxylic acids is 1. The second kappa shape index (κ2) is 7.34. The van der Waals surface area contributed by atoms with E-state index in [0.29, 0.717) is 0 Å². The summed E-state index contributed by atoms with van der Waals surface area (Å²) in [6, 6.07) is 5.43. The fraction of sp³-hybridized carbons (Fsp3) is 0.375. The maximum atomic E-state index is 13.0. The molecule has 0 aliphatic carbocycles. The molecule has 0 aromatic heterocycles. The predicted molar refractivity (Wildman–Crippen MR) is 82.0 cm³/mol. The van der Waals surface area contributed by atoms with Gasteiger partial charge in [0.2, 0.25) is 0 Å². The molecule has 1 fully saturated rings. The SMILES string of the molecule is C#CCOc1ccccc1NC(=O)N1C[C@@H](C(F)(F)F)[C@H](C(=O)O)C1. The van der Waals surface area contributed by atoms with Gasteiger partial charge in [0.25, 0.3) is 0 Å². The van der Waals surface area contributed by atoms with E-state index in [1.54, 1.807) is 12.1 Å². The normalized spacial score (nSPS) is 20.0. The summed E-state index contributed by atoms with van der Waals surface area (Å²) < 4.78 is 44.2. The zero-order chi connectivity index (χ0) is 18.6. The van der Waals surface area contributed by atoms with Crippen LogP contribution in [0.25, 0.3) is 0 Å². The smallest absolute Gasteiger partial charge is 0.394 e. The highest BCUT2D eigenvalue weighted by atomic mass is 19.4. The summed E-state index contributed by atoms with van der Waals surface area (Å²) in [6.07, 6.45) is 0.392. The predicted octanol–water partition coefficient (Wildman–Crippen LogP) is 2.43. The number of benzene rings is 1. The number of urea groups is 1. The number of rotatable bonds is 4. The summed E-state index contributed by atoms with van der Waals surface area (Å²) in [5.41, 5.74) is 0.227. The Morgan fingerprint density at radius 3 is 2.60 bits per heavy atom. The number of amides is 2.